The molecule has 2 aromatic carbocycles. The quantitative estimate of drug-likeness (QED) is 0.312. The molecule has 0 bridgehead atoms. The van der Waals surface area contributed by atoms with Crippen LogP contribution in [0.3, 0.4) is 0 Å². The average molecular weight is 335 g/mol. The fourth-order valence-electron chi connectivity index (χ4n) is 1.88. The first-order valence-corrected chi connectivity index (χ1v) is 7.56. The Balaban J connectivity index is 2.25. The third-order valence-corrected chi connectivity index (χ3v) is 5.80. The Bertz CT molecular complexity index is 838. The molecule has 3 aromatic rings. The van der Waals surface area contributed by atoms with Gasteiger partial charge in [-0.1, -0.05) is 0 Å². The van der Waals surface area contributed by atoms with Crippen molar-refractivity contribution in [2.45, 2.75) is 0 Å². The number of nitro benzene ring substituents is 1. The zero-order valence-corrected chi connectivity index (χ0v) is 12.2. The van der Waals surface area contributed by atoms with Gasteiger partial charge in [0.2, 0.25) is 0 Å². The van der Waals surface area contributed by atoms with Gasteiger partial charge in [0.05, 0.1) is 0 Å². The first kappa shape index (κ1) is 12.3. The monoisotopic (exact) mass is 336 g/mol. The summed E-state index contributed by atoms with van der Waals surface area (Å²) in [7, 11) is 0. The molecule has 0 amide bonds. The number of fused-ring (bicyclic) bond motifs is 1. The summed E-state index contributed by atoms with van der Waals surface area (Å²) in [5.41, 5.74) is 0.877. The van der Waals surface area contributed by atoms with Crippen molar-refractivity contribution in [3.63, 3.8) is 0 Å². The van der Waals surface area contributed by atoms with Crippen molar-refractivity contribution < 1.29 is 4.92 Å². The topological polar surface area (TPSA) is 48.1 Å². The Morgan fingerprint density at radius 3 is 2.68 bits per heavy atom. The van der Waals surface area contributed by atoms with Gasteiger partial charge in [0, 0.05) is 0 Å². The van der Waals surface area contributed by atoms with Crippen LogP contribution in [0.4, 0.5) is 5.69 Å². The van der Waals surface area contributed by atoms with E-state index < -0.39 is 0 Å². The summed E-state index contributed by atoms with van der Waals surface area (Å²) in [6, 6.07) is 14.6. The summed E-state index contributed by atoms with van der Waals surface area (Å²) in [6.07, 6.45) is 0. The van der Waals surface area contributed by atoms with Gasteiger partial charge in [0.15, 0.2) is 0 Å². The van der Waals surface area contributed by atoms with Gasteiger partial charge in [0.25, 0.3) is 0 Å². The SMILES string of the molecule is O=[N+]([O-])c1cccc(-n2[se]c3ccccc3c2=S)c1. The molecule has 0 atom stereocenters. The normalized spacial score (nSPS) is 10.7. The molecule has 3 rings (SSSR count). The number of rotatable bonds is 2. The van der Waals surface area contributed by atoms with E-state index in [1.165, 1.54) is 10.3 Å². The standard InChI is InChI=1S/C13H8N2O2SSe/c16-15(17)10-5-3-4-9(8-10)14-13(18)11-6-1-2-7-12(11)19-14/h1-8H. The molecular weight excluding hydrogens is 327 g/mol. The number of hydrogen-bond acceptors (Lipinski definition) is 3. The fraction of sp³-hybridized carbons (Fsp3) is 0. The van der Waals surface area contributed by atoms with Crippen LogP contribution in [0.15, 0.2) is 48.5 Å². The van der Waals surface area contributed by atoms with Gasteiger partial charge in [-0.15, -0.1) is 0 Å². The van der Waals surface area contributed by atoms with Gasteiger partial charge in [-0.2, -0.15) is 0 Å². The first-order chi connectivity index (χ1) is 9.16. The molecular formula is C13H8N2O2SSe. The van der Waals surface area contributed by atoms with Crippen molar-refractivity contribution >= 4 is 42.3 Å². The number of benzene rings is 2. The van der Waals surface area contributed by atoms with Gasteiger partial charge in [-0.05, 0) is 0 Å². The number of nitro groups is 1. The molecule has 0 unspecified atom stereocenters. The summed E-state index contributed by atoms with van der Waals surface area (Å²) in [5, 5.41) is 11.9. The third-order valence-electron chi connectivity index (χ3n) is 2.77. The number of hydrogen-bond donors (Lipinski definition) is 0. The van der Waals surface area contributed by atoms with E-state index in [4.69, 9.17) is 12.2 Å². The Morgan fingerprint density at radius 2 is 1.95 bits per heavy atom. The molecule has 0 aliphatic heterocycles. The van der Waals surface area contributed by atoms with E-state index in [0.717, 1.165) is 15.7 Å². The Morgan fingerprint density at radius 1 is 1.16 bits per heavy atom. The van der Waals surface area contributed by atoms with Crippen LogP contribution in [0, 0.1) is 14.8 Å². The number of aromatic nitrogens is 1. The van der Waals surface area contributed by atoms with Crippen molar-refractivity contribution in [2.75, 3.05) is 0 Å². The van der Waals surface area contributed by atoms with Crippen molar-refractivity contribution in [3.8, 4) is 5.69 Å². The summed E-state index contributed by atoms with van der Waals surface area (Å²) in [6.45, 7) is 0. The molecule has 0 spiro atoms. The minimum atomic E-state index is -0.386. The molecule has 94 valence electrons. The molecule has 0 aliphatic rings. The van der Waals surface area contributed by atoms with Crippen LogP contribution in [0.2, 0.25) is 0 Å². The van der Waals surface area contributed by atoms with Gasteiger partial charge in [0.1, 0.15) is 0 Å². The molecule has 0 N–H and O–H groups in total. The first-order valence-electron chi connectivity index (χ1n) is 5.53. The summed E-state index contributed by atoms with van der Waals surface area (Å²) in [5.74, 6) is 0. The van der Waals surface area contributed by atoms with Crippen LogP contribution < -0.4 is 0 Å². The average Bonchev–Trinajstić information content (AvgIpc) is 2.77. The van der Waals surface area contributed by atoms with Crippen LogP contribution in [0.5, 0.6) is 0 Å². The van der Waals surface area contributed by atoms with E-state index >= 15 is 0 Å². The van der Waals surface area contributed by atoms with Crippen LogP contribution in [-0.2, 0) is 0 Å². The molecule has 0 saturated carbocycles. The Hall–Kier alpha value is -1.75. The van der Waals surface area contributed by atoms with Crippen molar-refractivity contribution in [2.24, 2.45) is 0 Å². The van der Waals surface area contributed by atoms with Gasteiger partial charge in [-0.3, -0.25) is 0 Å². The van der Waals surface area contributed by atoms with Crippen LogP contribution in [-0.4, -0.2) is 23.2 Å². The second-order valence-electron chi connectivity index (χ2n) is 3.96. The second-order valence-corrected chi connectivity index (χ2v) is 6.42. The summed E-state index contributed by atoms with van der Waals surface area (Å²) < 4.78 is 3.95. The third kappa shape index (κ3) is 2.14. The maximum absolute atomic E-state index is 10.8. The van der Waals surface area contributed by atoms with E-state index in [0.29, 0.717) is 0 Å². The zero-order valence-electron chi connectivity index (χ0n) is 9.65. The van der Waals surface area contributed by atoms with Gasteiger partial charge >= 0.3 is 120 Å². The molecule has 0 saturated heterocycles. The van der Waals surface area contributed by atoms with E-state index in [1.807, 2.05) is 27.8 Å². The molecule has 0 radical (unpaired) electrons. The molecule has 1 aromatic heterocycles. The fourth-order valence-corrected chi connectivity index (χ4v) is 4.59. The van der Waals surface area contributed by atoms with Crippen LogP contribution >= 0.6 is 12.2 Å². The zero-order chi connectivity index (χ0) is 13.4. The van der Waals surface area contributed by atoms with Crippen molar-refractivity contribution in [1.82, 2.24) is 3.56 Å². The van der Waals surface area contributed by atoms with Crippen LogP contribution in [0.25, 0.3) is 15.3 Å². The number of non-ortho nitro benzene ring substituents is 1. The molecule has 0 aliphatic carbocycles. The predicted octanol–water partition coefficient (Wildman–Crippen LogP) is 3.33. The second kappa shape index (κ2) is 4.74. The Kier molecular flexibility index (Phi) is 3.06. The van der Waals surface area contributed by atoms with E-state index in [1.54, 1.807) is 12.1 Å². The summed E-state index contributed by atoms with van der Waals surface area (Å²) >= 11 is 5.50. The van der Waals surface area contributed by atoms with E-state index in [-0.39, 0.29) is 25.3 Å². The molecule has 6 heteroatoms. The van der Waals surface area contributed by atoms with Crippen molar-refractivity contribution in [3.05, 3.63) is 63.3 Å². The van der Waals surface area contributed by atoms with Crippen LogP contribution in [0.1, 0.15) is 0 Å². The molecule has 0 fully saturated rings. The molecule has 4 nitrogen and oxygen atoms in total. The molecule has 19 heavy (non-hydrogen) atoms. The number of nitrogens with zero attached hydrogens (tertiary/aromatic N) is 2. The van der Waals surface area contributed by atoms with Gasteiger partial charge in [-0.25, -0.2) is 0 Å². The minimum absolute atomic E-state index is 0.0445. The Labute approximate surface area is 120 Å². The van der Waals surface area contributed by atoms with Crippen molar-refractivity contribution in [1.29, 1.82) is 0 Å². The molecule has 1 heterocycles. The van der Waals surface area contributed by atoms with Gasteiger partial charge < -0.3 is 0 Å². The maximum atomic E-state index is 10.8. The van der Waals surface area contributed by atoms with E-state index in [2.05, 4.69) is 6.07 Å². The summed E-state index contributed by atoms with van der Waals surface area (Å²) in [4.78, 5) is 10.4. The predicted molar refractivity (Wildman–Crippen MR) is 77.7 cm³/mol. The van der Waals surface area contributed by atoms with E-state index in [9.17, 15) is 10.1 Å².